The first kappa shape index (κ1) is 31.7. The largest absolute Gasteiger partial charge is 0.496 e. The van der Waals surface area contributed by atoms with Gasteiger partial charge < -0.3 is 33.9 Å². The maximum absolute atomic E-state index is 14.0. The number of methoxy groups -OCH3 is 1. The van der Waals surface area contributed by atoms with Crippen LogP contribution in [-0.2, 0) is 14.3 Å². The topological polar surface area (TPSA) is 143 Å². The van der Waals surface area contributed by atoms with Gasteiger partial charge in [-0.25, -0.2) is 9.78 Å². The SMILES string of the molecule is COc1ccccc1C(CN(C=O)c1sc(-c2ncco2)c(C)c1C(=O)N(C)C(C)(C)C(=O)O)OC1CC2CC(O)CC2C1. The maximum atomic E-state index is 14.0. The second-order valence-corrected chi connectivity index (χ2v) is 13.2. The molecule has 0 bridgehead atoms. The number of hydrogen-bond acceptors (Lipinski definition) is 9. The molecule has 2 aliphatic carbocycles. The maximum Gasteiger partial charge on any atom is 0.329 e. The minimum atomic E-state index is -1.52. The Morgan fingerprint density at radius 3 is 2.48 bits per heavy atom. The number of fused-ring (bicyclic) bond motifs is 1. The van der Waals surface area contributed by atoms with Crippen LogP contribution in [0.1, 0.15) is 67.1 Å². The van der Waals surface area contributed by atoms with Crippen molar-refractivity contribution in [2.45, 2.75) is 70.3 Å². The van der Waals surface area contributed by atoms with E-state index in [4.69, 9.17) is 13.9 Å². The molecule has 0 spiro atoms. The fraction of sp³-hybridized carbons (Fsp3) is 0.500. The quantitative estimate of drug-likeness (QED) is 0.268. The Bertz CT molecular complexity index is 1490. The van der Waals surface area contributed by atoms with Crippen molar-refractivity contribution in [3.63, 3.8) is 0 Å². The number of carbonyl (C=O) groups is 3. The van der Waals surface area contributed by atoms with E-state index in [0.717, 1.165) is 36.1 Å². The lowest BCUT2D eigenvalue weighted by Gasteiger charge is -2.33. The number of carboxylic acids is 1. The van der Waals surface area contributed by atoms with Crippen molar-refractivity contribution in [3.05, 3.63) is 53.4 Å². The van der Waals surface area contributed by atoms with Gasteiger partial charge in [-0.3, -0.25) is 9.59 Å². The van der Waals surface area contributed by atoms with Gasteiger partial charge in [0.25, 0.3) is 5.91 Å². The molecule has 3 aromatic rings. The first-order valence-electron chi connectivity index (χ1n) is 14.7. The molecule has 236 valence electrons. The van der Waals surface area contributed by atoms with E-state index in [0.29, 0.717) is 39.4 Å². The summed E-state index contributed by atoms with van der Waals surface area (Å²) in [5.74, 6) is -0.0217. The molecule has 3 unspecified atom stereocenters. The number of thiophene rings is 1. The number of nitrogens with zero attached hydrogens (tertiary/aromatic N) is 3. The Morgan fingerprint density at radius 1 is 1.20 bits per heavy atom. The molecule has 2 amide bonds. The van der Waals surface area contributed by atoms with E-state index in [-0.39, 0.29) is 30.2 Å². The van der Waals surface area contributed by atoms with Gasteiger partial charge in [-0.05, 0) is 69.9 Å². The molecule has 2 fully saturated rings. The molecule has 2 heterocycles. The zero-order valence-electron chi connectivity index (χ0n) is 25.6. The Morgan fingerprint density at radius 2 is 1.89 bits per heavy atom. The summed E-state index contributed by atoms with van der Waals surface area (Å²) in [5, 5.41) is 20.3. The number of ether oxygens (including phenoxy) is 2. The molecule has 0 aliphatic heterocycles. The monoisotopic (exact) mass is 625 g/mol. The molecule has 2 saturated carbocycles. The van der Waals surface area contributed by atoms with Crippen molar-refractivity contribution in [2.75, 3.05) is 25.6 Å². The lowest BCUT2D eigenvalue weighted by atomic mass is 10.0. The van der Waals surface area contributed by atoms with Crippen molar-refractivity contribution in [1.82, 2.24) is 9.88 Å². The lowest BCUT2D eigenvalue weighted by Crippen LogP contribution is -2.51. The van der Waals surface area contributed by atoms with E-state index in [9.17, 15) is 24.6 Å². The average molecular weight is 626 g/mol. The first-order valence-corrected chi connectivity index (χ1v) is 15.5. The Balaban J connectivity index is 1.54. The van der Waals surface area contributed by atoms with Crippen molar-refractivity contribution < 1.29 is 38.5 Å². The summed E-state index contributed by atoms with van der Waals surface area (Å²) in [6, 6.07) is 7.48. The average Bonchev–Trinajstić information content (AvgIpc) is 3.78. The van der Waals surface area contributed by atoms with Crippen LogP contribution in [0.3, 0.4) is 0 Å². The predicted octanol–water partition coefficient (Wildman–Crippen LogP) is 4.93. The molecule has 44 heavy (non-hydrogen) atoms. The zero-order chi connectivity index (χ0) is 31.8. The zero-order valence-corrected chi connectivity index (χ0v) is 26.4. The number of oxazole rings is 1. The normalized spacial score (nSPS) is 22.0. The van der Waals surface area contributed by atoms with E-state index in [2.05, 4.69) is 4.98 Å². The number of aliphatic hydroxyl groups excluding tert-OH is 1. The van der Waals surface area contributed by atoms with Crippen LogP contribution < -0.4 is 9.64 Å². The summed E-state index contributed by atoms with van der Waals surface area (Å²) < 4.78 is 18.0. The number of aliphatic carboxylic acids is 1. The molecule has 0 saturated heterocycles. The molecule has 2 N–H and O–H groups in total. The lowest BCUT2D eigenvalue weighted by molar-refractivity contribution is -0.147. The van der Waals surface area contributed by atoms with Crippen LogP contribution >= 0.6 is 11.3 Å². The van der Waals surface area contributed by atoms with Crippen LogP contribution in [0.25, 0.3) is 10.8 Å². The van der Waals surface area contributed by atoms with E-state index < -0.39 is 23.5 Å². The third-order valence-corrected chi connectivity index (χ3v) is 10.5. The fourth-order valence-electron chi connectivity index (χ4n) is 6.43. The van der Waals surface area contributed by atoms with Crippen molar-refractivity contribution in [2.24, 2.45) is 11.8 Å². The van der Waals surface area contributed by atoms with E-state index in [1.54, 1.807) is 14.0 Å². The van der Waals surface area contributed by atoms with Gasteiger partial charge in [0.15, 0.2) is 0 Å². The number of anilines is 1. The van der Waals surface area contributed by atoms with Crippen molar-refractivity contribution in [1.29, 1.82) is 0 Å². The molecule has 2 aliphatic rings. The van der Waals surface area contributed by atoms with Crippen LogP contribution in [0.15, 0.2) is 41.1 Å². The Hall–Kier alpha value is -3.74. The molecule has 12 heteroatoms. The highest BCUT2D eigenvalue weighted by Crippen LogP contribution is 2.47. The molecule has 0 radical (unpaired) electrons. The number of carboxylic acid groups (broad SMARTS) is 1. The van der Waals surface area contributed by atoms with Gasteiger partial charge in [0, 0.05) is 12.6 Å². The highest BCUT2D eigenvalue weighted by molar-refractivity contribution is 7.20. The summed E-state index contributed by atoms with van der Waals surface area (Å²) in [4.78, 5) is 46.4. The number of hydrogen-bond donors (Lipinski definition) is 2. The second kappa shape index (κ2) is 12.7. The predicted molar refractivity (Wildman–Crippen MR) is 164 cm³/mol. The number of para-hydroxylation sites is 1. The number of amides is 2. The van der Waals surface area contributed by atoms with Crippen LogP contribution in [-0.4, -0.2) is 76.8 Å². The third-order valence-electron chi connectivity index (χ3n) is 9.18. The fourth-order valence-corrected chi connectivity index (χ4v) is 7.64. The summed E-state index contributed by atoms with van der Waals surface area (Å²) in [6.07, 6.45) is 5.83. The summed E-state index contributed by atoms with van der Waals surface area (Å²) >= 11 is 1.17. The Labute approximate surface area is 260 Å². The summed E-state index contributed by atoms with van der Waals surface area (Å²) in [6.45, 7) is 4.69. The number of benzene rings is 1. The van der Waals surface area contributed by atoms with Crippen LogP contribution in [0.2, 0.25) is 0 Å². The van der Waals surface area contributed by atoms with Gasteiger partial charge in [0.1, 0.15) is 28.7 Å². The molecular formula is C32H39N3O8S. The standard InChI is InChI=1S/C32H39N3O8S/c1-18-26(29(38)34(4)32(2,3)31(39)40)30(44-27(18)28-33-10-11-42-28)35(17-36)16-25(23-8-6-7-9-24(23)41-5)43-22-14-19-12-21(37)13-20(19)15-22/h6-11,17,19-22,25,37H,12-16H2,1-5H3,(H,39,40). The number of aliphatic hydroxyl groups is 1. The summed E-state index contributed by atoms with van der Waals surface area (Å²) in [7, 11) is 3.01. The number of carbonyl (C=O) groups excluding carboxylic acids is 2. The van der Waals surface area contributed by atoms with Crippen LogP contribution in [0, 0.1) is 18.8 Å². The molecule has 2 aromatic heterocycles. The van der Waals surface area contributed by atoms with Gasteiger partial charge in [-0.2, -0.15) is 0 Å². The van der Waals surface area contributed by atoms with Gasteiger partial charge in [-0.1, -0.05) is 18.2 Å². The summed E-state index contributed by atoms with van der Waals surface area (Å²) in [5.41, 5.74) is -0.0450. The van der Waals surface area contributed by atoms with Crippen LogP contribution in [0.4, 0.5) is 5.00 Å². The van der Waals surface area contributed by atoms with Crippen molar-refractivity contribution >= 4 is 34.6 Å². The van der Waals surface area contributed by atoms with E-state index in [1.165, 1.54) is 49.6 Å². The second-order valence-electron chi connectivity index (χ2n) is 12.2. The van der Waals surface area contributed by atoms with Gasteiger partial charge >= 0.3 is 5.97 Å². The third kappa shape index (κ3) is 5.98. The van der Waals surface area contributed by atoms with E-state index in [1.807, 2.05) is 24.3 Å². The highest BCUT2D eigenvalue weighted by Gasteiger charge is 2.43. The number of aromatic nitrogens is 1. The van der Waals surface area contributed by atoms with Gasteiger partial charge in [0.05, 0.1) is 42.5 Å². The smallest absolute Gasteiger partial charge is 0.329 e. The van der Waals surface area contributed by atoms with Gasteiger partial charge in [0.2, 0.25) is 12.3 Å². The number of rotatable bonds is 12. The van der Waals surface area contributed by atoms with E-state index >= 15 is 0 Å². The van der Waals surface area contributed by atoms with Gasteiger partial charge in [-0.15, -0.1) is 11.3 Å². The Kier molecular flexibility index (Phi) is 9.15. The van der Waals surface area contributed by atoms with Crippen molar-refractivity contribution in [3.8, 4) is 16.5 Å². The molecule has 5 rings (SSSR count). The first-order chi connectivity index (χ1) is 21.0. The van der Waals surface area contributed by atoms with Crippen LogP contribution in [0.5, 0.6) is 5.75 Å². The minimum absolute atomic E-state index is 0.0651. The molecule has 11 nitrogen and oxygen atoms in total. The minimum Gasteiger partial charge on any atom is -0.496 e. The molecular weight excluding hydrogens is 586 g/mol. The number of likely N-dealkylation sites (N-methyl/N-ethyl adjacent to an activating group) is 1. The highest BCUT2D eigenvalue weighted by atomic mass is 32.1. The molecule has 1 aromatic carbocycles. The molecule has 3 atom stereocenters.